The van der Waals surface area contributed by atoms with E-state index < -0.39 is 43.8 Å². The number of phenols is 4. The highest BCUT2D eigenvalue weighted by Gasteiger charge is 2.20. The van der Waals surface area contributed by atoms with Gasteiger partial charge in [-0.2, -0.15) is 20.2 Å². The molecule has 0 spiro atoms. The van der Waals surface area contributed by atoms with Crippen LogP contribution in [0.5, 0.6) is 23.0 Å². The highest BCUT2D eigenvalue weighted by atomic mass is 32.2. The first-order valence-electron chi connectivity index (χ1n) is 6.89. The van der Waals surface area contributed by atoms with E-state index in [1.807, 2.05) is 0 Å². The van der Waals surface area contributed by atoms with Crippen molar-refractivity contribution in [2.45, 2.75) is 16.4 Å². The molecule has 0 heterocycles. The molecule has 0 aromatic heterocycles. The van der Waals surface area contributed by atoms with Gasteiger partial charge in [-0.05, 0) is 18.2 Å². The second-order valence-electron chi connectivity index (χ2n) is 5.22. The zero-order valence-corrected chi connectivity index (χ0v) is 14.6. The van der Waals surface area contributed by atoms with Gasteiger partial charge in [0.1, 0.15) is 33.5 Å². The van der Waals surface area contributed by atoms with Crippen molar-refractivity contribution in [3.63, 3.8) is 0 Å². The Morgan fingerprint density at radius 1 is 0.923 bits per heavy atom. The number of phenolic OH excluding ortho intramolecular Hbond substituents is 3. The quantitative estimate of drug-likeness (QED) is 0.309. The predicted octanol–water partition coefficient (Wildman–Crippen LogP) is 1.89. The molecule has 0 aliphatic carbocycles. The minimum Gasteiger partial charge on any atom is -0.508 e. The molecule has 140 valence electrons. The van der Waals surface area contributed by atoms with Crippen molar-refractivity contribution >= 4 is 27.8 Å². The summed E-state index contributed by atoms with van der Waals surface area (Å²) in [6.07, 6.45) is 0. The van der Waals surface area contributed by atoms with Crippen LogP contribution < -0.4 is 0 Å². The summed E-state index contributed by atoms with van der Waals surface area (Å²) in [5, 5.41) is 47.8. The predicted molar refractivity (Wildman–Crippen MR) is 91.3 cm³/mol. The summed E-state index contributed by atoms with van der Waals surface area (Å²) in [4.78, 5) is 10.0. The fourth-order valence-electron chi connectivity index (χ4n) is 2.13. The second kappa shape index (κ2) is 7.32. The molecular weight excluding hydrogens is 388 g/mol. The van der Waals surface area contributed by atoms with Gasteiger partial charge in [-0.25, -0.2) is 4.79 Å². The number of aromatic carboxylic acids is 1. The molecule has 2 rings (SSSR count). The van der Waals surface area contributed by atoms with Crippen LogP contribution in [0.2, 0.25) is 0 Å². The van der Waals surface area contributed by atoms with Crippen LogP contribution in [0.25, 0.3) is 0 Å². The molecule has 0 bridgehead atoms. The van der Waals surface area contributed by atoms with Crippen LogP contribution in [0.4, 0.5) is 0 Å². The lowest BCUT2D eigenvalue weighted by Crippen LogP contribution is -2.00. The first-order chi connectivity index (χ1) is 12.0. The first-order valence-corrected chi connectivity index (χ1v) is 9.48. The summed E-state index contributed by atoms with van der Waals surface area (Å²) in [7, 11) is -4.73. The lowest BCUT2D eigenvalue weighted by Gasteiger charge is -2.10. The van der Waals surface area contributed by atoms with Crippen molar-refractivity contribution in [1.82, 2.24) is 0 Å². The third kappa shape index (κ3) is 4.31. The highest BCUT2D eigenvalue weighted by molar-refractivity contribution is 7.97. The zero-order chi connectivity index (χ0) is 19.6. The number of carboxylic acids is 1. The van der Waals surface area contributed by atoms with Gasteiger partial charge in [-0.15, -0.1) is 0 Å². The summed E-state index contributed by atoms with van der Waals surface area (Å²) >= 11 is 1.07. The molecule has 0 radical (unpaired) electrons. The second-order valence-corrected chi connectivity index (χ2v) is 7.60. The summed E-state index contributed by atoms with van der Waals surface area (Å²) in [6, 6.07) is 3.79. The smallest absolute Gasteiger partial charge is 0.339 e. The average Bonchev–Trinajstić information content (AvgIpc) is 2.51. The van der Waals surface area contributed by atoms with E-state index in [4.69, 9.17) is 9.66 Å². The Morgan fingerprint density at radius 2 is 1.54 bits per heavy atom. The fourth-order valence-corrected chi connectivity index (χ4v) is 3.77. The maximum atomic E-state index is 11.2. The molecule has 11 heteroatoms. The standard InChI is InChI=1S/C15H14O9S2/c16-9-1-8(14(19)13(3-9)26(22,23)24)6-25-5-7-2-12(18)10(15(20)21)4-11(7)17/h1-4,16-19H,5-6H2,(H,20,21)(H,22,23,24). The summed E-state index contributed by atoms with van der Waals surface area (Å²) in [5.41, 5.74) is -0.222. The van der Waals surface area contributed by atoms with Crippen molar-refractivity contribution in [3.05, 3.63) is 41.0 Å². The number of hydrogen-bond donors (Lipinski definition) is 6. The largest absolute Gasteiger partial charge is 0.508 e. The Morgan fingerprint density at radius 3 is 2.12 bits per heavy atom. The fraction of sp³-hybridized carbons (Fsp3) is 0.133. The Balaban J connectivity index is 2.20. The molecule has 2 aromatic rings. The van der Waals surface area contributed by atoms with Gasteiger partial charge in [-0.1, -0.05) is 0 Å². The van der Waals surface area contributed by atoms with Gasteiger partial charge in [0.05, 0.1) is 0 Å². The lowest BCUT2D eigenvalue weighted by molar-refractivity contribution is 0.0693. The Hall–Kier alpha value is -2.63. The van der Waals surface area contributed by atoms with Crippen molar-refractivity contribution in [2.24, 2.45) is 0 Å². The molecule has 0 unspecified atom stereocenters. The number of hydrogen-bond acceptors (Lipinski definition) is 8. The molecule has 6 N–H and O–H groups in total. The maximum absolute atomic E-state index is 11.2. The Labute approximate surface area is 151 Å². The number of rotatable bonds is 6. The van der Waals surface area contributed by atoms with E-state index in [1.165, 1.54) is 0 Å². The van der Waals surface area contributed by atoms with Crippen LogP contribution in [0, 0.1) is 0 Å². The monoisotopic (exact) mass is 402 g/mol. The minimum atomic E-state index is -4.73. The third-order valence-corrected chi connectivity index (χ3v) is 5.26. The molecule has 26 heavy (non-hydrogen) atoms. The molecule has 0 atom stereocenters. The number of carbonyl (C=O) groups is 1. The van der Waals surface area contributed by atoms with E-state index in [2.05, 4.69) is 0 Å². The van der Waals surface area contributed by atoms with Gasteiger partial charge >= 0.3 is 5.97 Å². The Kier molecular flexibility index (Phi) is 5.54. The molecule has 0 saturated carbocycles. The van der Waals surface area contributed by atoms with Crippen LogP contribution in [-0.4, -0.2) is 44.5 Å². The van der Waals surface area contributed by atoms with Crippen LogP contribution in [0.3, 0.4) is 0 Å². The molecule has 0 saturated heterocycles. The van der Waals surface area contributed by atoms with Crippen LogP contribution in [-0.2, 0) is 21.6 Å². The summed E-state index contributed by atoms with van der Waals surface area (Å²) in [5.74, 6) is -3.41. The molecule has 9 nitrogen and oxygen atoms in total. The average molecular weight is 402 g/mol. The zero-order valence-electron chi connectivity index (χ0n) is 12.9. The Bertz CT molecular complexity index is 968. The van der Waals surface area contributed by atoms with E-state index in [-0.39, 0.29) is 28.4 Å². The number of thioether (sulfide) groups is 1. The van der Waals surface area contributed by atoms with E-state index >= 15 is 0 Å². The molecule has 0 fully saturated rings. The van der Waals surface area contributed by atoms with Gasteiger partial charge in [0.25, 0.3) is 10.1 Å². The van der Waals surface area contributed by atoms with Crippen molar-refractivity contribution in [1.29, 1.82) is 0 Å². The van der Waals surface area contributed by atoms with E-state index in [0.717, 1.165) is 30.0 Å². The molecule has 0 aliphatic heterocycles. The highest BCUT2D eigenvalue weighted by Crippen LogP contribution is 2.36. The molecular formula is C15H14O9S2. The van der Waals surface area contributed by atoms with E-state index in [1.54, 1.807) is 0 Å². The third-order valence-electron chi connectivity index (χ3n) is 3.36. The number of aromatic hydroxyl groups is 4. The van der Waals surface area contributed by atoms with Gasteiger partial charge in [-0.3, -0.25) is 4.55 Å². The minimum absolute atomic E-state index is 0.0103. The number of benzene rings is 2. The normalized spacial score (nSPS) is 11.4. The SMILES string of the molecule is O=C(O)c1cc(O)c(CSCc2cc(O)cc(S(=O)(=O)O)c2O)cc1O. The lowest BCUT2D eigenvalue weighted by atomic mass is 10.1. The molecule has 2 aromatic carbocycles. The summed E-state index contributed by atoms with van der Waals surface area (Å²) < 4.78 is 31.4. The van der Waals surface area contributed by atoms with Crippen molar-refractivity contribution in [2.75, 3.05) is 0 Å². The first kappa shape index (κ1) is 19.7. The van der Waals surface area contributed by atoms with Gasteiger partial charge < -0.3 is 25.5 Å². The van der Waals surface area contributed by atoms with Gasteiger partial charge in [0, 0.05) is 28.7 Å². The maximum Gasteiger partial charge on any atom is 0.339 e. The molecule has 0 aliphatic rings. The number of carboxylic acid groups (broad SMARTS) is 1. The van der Waals surface area contributed by atoms with Crippen LogP contribution >= 0.6 is 11.8 Å². The summed E-state index contributed by atoms with van der Waals surface area (Å²) in [6.45, 7) is 0. The topological polar surface area (TPSA) is 173 Å². The van der Waals surface area contributed by atoms with E-state index in [0.29, 0.717) is 6.07 Å². The van der Waals surface area contributed by atoms with Gasteiger partial charge in [0.2, 0.25) is 0 Å². The van der Waals surface area contributed by atoms with Crippen LogP contribution in [0.15, 0.2) is 29.2 Å². The van der Waals surface area contributed by atoms with Crippen molar-refractivity contribution < 1.29 is 43.3 Å². The molecule has 0 amide bonds. The van der Waals surface area contributed by atoms with Gasteiger partial charge in [0.15, 0.2) is 0 Å². The van der Waals surface area contributed by atoms with E-state index in [9.17, 15) is 33.6 Å². The van der Waals surface area contributed by atoms with Crippen molar-refractivity contribution in [3.8, 4) is 23.0 Å². The van der Waals surface area contributed by atoms with Crippen LogP contribution in [0.1, 0.15) is 21.5 Å².